The monoisotopic (exact) mass is 275 g/mol. The highest BCUT2D eigenvalue weighted by Gasteiger charge is 2.31. The van der Waals surface area contributed by atoms with Gasteiger partial charge in [-0.15, -0.1) is 0 Å². The van der Waals surface area contributed by atoms with Gasteiger partial charge in [0.1, 0.15) is 5.75 Å². The van der Waals surface area contributed by atoms with Gasteiger partial charge in [0, 0.05) is 5.54 Å². The molecule has 2 heteroatoms. The molecule has 112 valence electrons. The van der Waals surface area contributed by atoms with Crippen LogP contribution in [0.1, 0.15) is 44.7 Å². The average Bonchev–Trinajstić information content (AvgIpc) is 2.33. The predicted octanol–water partition coefficient (Wildman–Crippen LogP) is 3.96. The maximum Gasteiger partial charge on any atom is 0.122 e. The molecule has 0 amide bonds. The van der Waals surface area contributed by atoms with Gasteiger partial charge in [-0.25, -0.2) is 0 Å². The summed E-state index contributed by atoms with van der Waals surface area (Å²) in [6, 6.07) is 6.51. The van der Waals surface area contributed by atoms with Crippen molar-refractivity contribution in [2.24, 2.45) is 11.8 Å². The minimum absolute atomic E-state index is 0.223. The highest BCUT2D eigenvalue weighted by atomic mass is 16.5. The third kappa shape index (κ3) is 3.99. The number of benzene rings is 1. The standard InChI is InChI=1S/C18H29NO/c1-13-6-9-17(20-5)16(10-13)11-14-7-8-15(14)12-19-18(2,3)4/h6,9-10,14-15,19H,7-8,11-12H2,1-5H3. The second-order valence-corrected chi connectivity index (χ2v) is 7.25. The highest BCUT2D eigenvalue weighted by Crippen LogP contribution is 2.38. The van der Waals surface area contributed by atoms with Gasteiger partial charge in [0.05, 0.1) is 7.11 Å². The average molecular weight is 275 g/mol. The van der Waals surface area contributed by atoms with Gasteiger partial charge in [0.15, 0.2) is 0 Å². The molecule has 0 aromatic heterocycles. The van der Waals surface area contributed by atoms with Crippen LogP contribution in [0.4, 0.5) is 0 Å². The van der Waals surface area contributed by atoms with Crippen LogP contribution >= 0.6 is 0 Å². The van der Waals surface area contributed by atoms with Crippen LogP contribution in [0.3, 0.4) is 0 Å². The smallest absolute Gasteiger partial charge is 0.122 e. The fraction of sp³-hybridized carbons (Fsp3) is 0.667. The Labute approximate surface area is 123 Å². The van der Waals surface area contributed by atoms with Crippen LogP contribution in [0, 0.1) is 18.8 Å². The van der Waals surface area contributed by atoms with Crippen molar-refractivity contribution >= 4 is 0 Å². The maximum atomic E-state index is 5.50. The minimum atomic E-state index is 0.223. The molecule has 0 radical (unpaired) electrons. The van der Waals surface area contributed by atoms with Crippen LogP contribution < -0.4 is 10.1 Å². The Kier molecular flexibility index (Phi) is 4.74. The molecular formula is C18H29NO. The van der Waals surface area contributed by atoms with Crippen LogP contribution in [0.15, 0.2) is 18.2 Å². The molecular weight excluding hydrogens is 246 g/mol. The summed E-state index contributed by atoms with van der Waals surface area (Å²) in [5.41, 5.74) is 2.92. The van der Waals surface area contributed by atoms with E-state index in [9.17, 15) is 0 Å². The molecule has 0 spiro atoms. The summed E-state index contributed by atoms with van der Waals surface area (Å²) in [5, 5.41) is 3.65. The van der Waals surface area contributed by atoms with E-state index in [1.165, 1.54) is 24.0 Å². The third-order valence-electron chi connectivity index (χ3n) is 4.39. The largest absolute Gasteiger partial charge is 0.496 e. The van der Waals surface area contributed by atoms with Crippen molar-refractivity contribution in [3.05, 3.63) is 29.3 Å². The maximum absolute atomic E-state index is 5.50. The van der Waals surface area contributed by atoms with E-state index in [2.05, 4.69) is 51.2 Å². The summed E-state index contributed by atoms with van der Waals surface area (Å²) in [6.07, 6.45) is 3.87. The zero-order chi connectivity index (χ0) is 14.8. The van der Waals surface area contributed by atoms with E-state index in [4.69, 9.17) is 4.74 Å². The van der Waals surface area contributed by atoms with Gasteiger partial charge in [-0.2, -0.15) is 0 Å². The molecule has 0 heterocycles. The van der Waals surface area contributed by atoms with E-state index in [-0.39, 0.29) is 5.54 Å². The Balaban J connectivity index is 1.95. The number of nitrogens with one attached hydrogen (secondary N) is 1. The van der Waals surface area contributed by atoms with Crippen molar-refractivity contribution in [3.8, 4) is 5.75 Å². The van der Waals surface area contributed by atoms with Crippen molar-refractivity contribution in [1.29, 1.82) is 0 Å². The Bertz CT molecular complexity index is 447. The van der Waals surface area contributed by atoms with Crippen molar-refractivity contribution < 1.29 is 4.74 Å². The quantitative estimate of drug-likeness (QED) is 0.878. The normalized spacial score (nSPS) is 22.4. The number of hydrogen-bond donors (Lipinski definition) is 1. The summed E-state index contributed by atoms with van der Waals surface area (Å²) in [7, 11) is 1.77. The van der Waals surface area contributed by atoms with Crippen molar-refractivity contribution in [1.82, 2.24) is 5.32 Å². The number of hydrogen-bond acceptors (Lipinski definition) is 2. The summed E-state index contributed by atoms with van der Waals surface area (Å²) in [4.78, 5) is 0. The molecule has 1 saturated carbocycles. The van der Waals surface area contributed by atoms with Gasteiger partial charge >= 0.3 is 0 Å². The minimum Gasteiger partial charge on any atom is -0.496 e. The molecule has 1 fully saturated rings. The second kappa shape index (κ2) is 6.17. The lowest BCUT2D eigenvalue weighted by atomic mass is 9.70. The Morgan fingerprint density at radius 1 is 1.20 bits per heavy atom. The molecule has 0 bridgehead atoms. The first-order valence-corrected chi connectivity index (χ1v) is 7.77. The van der Waals surface area contributed by atoms with Crippen LogP contribution in [0.2, 0.25) is 0 Å². The summed E-state index contributed by atoms with van der Waals surface area (Å²) in [5.74, 6) is 2.67. The van der Waals surface area contributed by atoms with Crippen LogP contribution in [0.5, 0.6) is 5.75 Å². The molecule has 1 aliphatic rings. The fourth-order valence-corrected chi connectivity index (χ4v) is 2.96. The molecule has 2 rings (SSSR count). The van der Waals surface area contributed by atoms with Gasteiger partial charge in [0.2, 0.25) is 0 Å². The first-order valence-electron chi connectivity index (χ1n) is 7.77. The molecule has 2 nitrogen and oxygen atoms in total. The van der Waals surface area contributed by atoms with E-state index >= 15 is 0 Å². The number of ether oxygens (including phenoxy) is 1. The van der Waals surface area contributed by atoms with Crippen molar-refractivity contribution in [2.45, 2.75) is 52.5 Å². The molecule has 1 aliphatic carbocycles. The number of methoxy groups -OCH3 is 1. The third-order valence-corrected chi connectivity index (χ3v) is 4.39. The lowest BCUT2D eigenvalue weighted by Gasteiger charge is -2.39. The number of rotatable bonds is 5. The van der Waals surface area contributed by atoms with Crippen LogP contribution in [0.25, 0.3) is 0 Å². The van der Waals surface area contributed by atoms with Crippen LogP contribution in [-0.2, 0) is 6.42 Å². The van der Waals surface area contributed by atoms with E-state index in [1.807, 2.05) is 0 Å². The molecule has 0 aliphatic heterocycles. The van der Waals surface area contributed by atoms with Gasteiger partial charge in [0.25, 0.3) is 0 Å². The SMILES string of the molecule is COc1ccc(C)cc1CC1CCC1CNC(C)(C)C. The van der Waals surface area contributed by atoms with Gasteiger partial charge in [-0.3, -0.25) is 0 Å². The molecule has 2 atom stereocenters. The number of aryl methyl sites for hydroxylation is 1. The Morgan fingerprint density at radius 2 is 1.90 bits per heavy atom. The molecule has 1 N–H and O–H groups in total. The summed E-state index contributed by atoms with van der Waals surface area (Å²) in [6.45, 7) is 10.0. The Hall–Kier alpha value is -1.02. The predicted molar refractivity (Wildman–Crippen MR) is 85.4 cm³/mol. The van der Waals surface area contributed by atoms with Gasteiger partial charge in [-0.1, -0.05) is 17.7 Å². The van der Waals surface area contributed by atoms with E-state index < -0.39 is 0 Å². The molecule has 20 heavy (non-hydrogen) atoms. The second-order valence-electron chi connectivity index (χ2n) is 7.25. The first kappa shape index (κ1) is 15.4. The molecule has 1 aromatic rings. The first-order chi connectivity index (χ1) is 9.39. The van der Waals surface area contributed by atoms with E-state index in [0.717, 1.165) is 30.6 Å². The highest BCUT2D eigenvalue weighted by molar-refractivity contribution is 5.37. The zero-order valence-corrected chi connectivity index (χ0v) is 13.6. The fourth-order valence-electron chi connectivity index (χ4n) is 2.96. The van der Waals surface area contributed by atoms with Gasteiger partial charge in [-0.05, 0) is 77.0 Å². The zero-order valence-electron chi connectivity index (χ0n) is 13.6. The topological polar surface area (TPSA) is 21.3 Å². The summed E-state index contributed by atoms with van der Waals surface area (Å²) < 4.78 is 5.50. The van der Waals surface area contributed by atoms with Crippen molar-refractivity contribution in [2.75, 3.05) is 13.7 Å². The van der Waals surface area contributed by atoms with Crippen LogP contribution in [-0.4, -0.2) is 19.2 Å². The Morgan fingerprint density at radius 3 is 2.45 bits per heavy atom. The lowest BCUT2D eigenvalue weighted by Crippen LogP contribution is -2.44. The van der Waals surface area contributed by atoms with Gasteiger partial charge < -0.3 is 10.1 Å². The molecule has 1 aromatic carbocycles. The molecule has 0 saturated heterocycles. The van der Waals surface area contributed by atoms with Crippen molar-refractivity contribution in [3.63, 3.8) is 0 Å². The summed E-state index contributed by atoms with van der Waals surface area (Å²) >= 11 is 0. The molecule has 2 unspecified atom stereocenters. The van der Waals surface area contributed by atoms with E-state index in [1.54, 1.807) is 7.11 Å². The van der Waals surface area contributed by atoms with E-state index in [0.29, 0.717) is 0 Å². The lowest BCUT2D eigenvalue weighted by molar-refractivity contribution is 0.158.